The van der Waals surface area contributed by atoms with Gasteiger partial charge >= 0.3 is 0 Å². The molecule has 6 aromatic rings. The molecule has 0 saturated carbocycles. The number of hydrogen-bond donors (Lipinski definition) is 0. The highest BCUT2D eigenvalue weighted by Crippen LogP contribution is 2.41. The molecule has 2 heteroatoms. The maximum absolute atomic E-state index is 2.40. The molecular formula is C44H38N2. The first-order valence-electron chi connectivity index (χ1n) is 16.1. The standard InChI is InChI=1S/C44H38N2/c1-3-14-34-16-12-23-43(33(34)2)45(38-18-6-4-7-19-38)40-29-25-35(26-30-40)36-27-31-41(32-28-36)46(39-20-8-5-9-21-39)44-24-13-17-37-15-10-11-22-42(37)44/h3-10,12-21,23-32H,11,22H2,1-2H3/b14-3-. The van der Waals surface area contributed by atoms with E-state index in [1.165, 1.54) is 44.8 Å². The van der Waals surface area contributed by atoms with Gasteiger partial charge in [0.2, 0.25) is 0 Å². The zero-order valence-electron chi connectivity index (χ0n) is 26.5. The summed E-state index contributed by atoms with van der Waals surface area (Å²) in [5, 5.41) is 0. The Labute approximate surface area is 273 Å². The minimum absolute atomic E-state index is 1.05. The van der Waals surface area contributed by atoms with Crippen LogP contribution in [0.3, 0.4) is 0 Å². The van der Waals surface area contributed by atoms with E-state index in [2.05, 4.69) is 194 Å². The molecule has 0 N–H and O–H groups in total. The summed E-state index contributed by atoms with van der Waals surface area (Å²) in [4.78, 5) is 4.75. The van der Waals surface area contributed by atoms with Crippen molar-refractivity contribution < 1.29 is 0 Å². The van der Waals surface area contributed by atoms with E-state index in [-0.39, 0.29) is 0 Å². The third kappa shape index (κ3) is 5.78. The Hall–Kier alpha value is -5.60. The monoisotopic (exact) mass is 594 g/mol. The number of anilines is 6. The lowest BCUT2D eigenvalue weighted by Crippen LogP contribution is -2.13. The van der Waals surface area contributed by atoms with E-state index in [9.17, 15) is 0 Å². The van der Waals surface area contributed by atoms with Gasteiger partial charge in [-0.05, 0) is 121 Å². The fourth-order valence-electron chi connectivity index (χ4n) is 6.53. The average Bonchev–Trinajstić information content (AvgIpc) is 3.12. The van der Waals surface area contributed by atoms with Crippen molar-refractivity contribution in [3.63, 3.8) is 0 Å². The van der Waals surface area contributed by atoms with Gasteiger partial charge in [0.05, 0.1) is 0 Å². The topological polar surface area (TPSA) is 6.48 Å². The molecule has 0 radical (unpaired) electrons. The lowest BCUT2D eigenvalue weighted by molar-refractivity contribution is 0.979. The largest absolute Gasteiger partial charge is 0.310 e. The van der Waals surface area contributed by atoms with Gasteiger partial charge in [-0.15, -0.1) is 0 Å². The van der Waals surface area contributed by atoms with Gasteiger partial charge in [-0.2, -0.15) is 0 Å². The Kier molecular flexibility index (Phi) is 8.34. The maximum atomic E-state index is 2.40. The van der Waals surface area contributed by atoms with Crippen molar-refractivity contribution in [3.05, 3.63) is 180 Å². The molecule has 0 fully saturated rings. The highest BCUT2D eigenvalue weighted by atomic mass is 15.1. The molecule has 0 aliphatic heterocycles. The Morgan fingerprint density at radius 1 is 0.522 bits per heavy atom. The van der Waals surface area contributed by atoms with Crippen LogP contribution in [0.2, 0.25) is 0 Å². The minimum atomic E-state index is 1.05. The Morgan fingerprint density at radius 2 is 1.04 bits per heavy atom. The number of nitrogens with zero attached hydrogens (tertiary/aromatic N) is 2. The van der Waals surface area contributed by atoms with Gasteiger partial charge in [0.15, 0.2) is 0 Å². The predicted octanol–water partition coefficient (Wildman–Crippen LogP) is 12.6. The highest BCUT2D eigenvalue weighted by Gasteiger charge is 2.19. The van der Waals surface area contributed by atoms with Crippen LogP contribution in [-0.4, -0.2) is 0 Å². The predicted molar refractivity (Wildman–Crippen MR) is 198 cm³/mol. The van der Waals surface area contributed by atoms with Crippen LogP contribution in [0.4, 0.5) is 34.1 Å². The summed E-state index contributed by atoms with van der Waals surface area (Å²) >= 11 is 0. The number of allylic oxidation sites excluding steroid dienone is 2. The zero-order valence-corrected chi connectivity index (χ0v) is 26.5. The molecule has 0 heterocycles. The number of rotatable bonds is 8. The Bertz CT molecular complexity index is 1990. The first kappa shape index (κ1) is 29.1. The second kappa shape index (κ2) is 13.2. The van der Waals surface area contributed by atoms with Gasteiger partial charge in [0.25, 0.3) is 0 Å². The van der Waals surface area contributed by atoms with Crippen molar-refractivity contribution in [2.45, 2.75) is 26.7 Å². The molecule has 46 heavy (non-hydrogen) atoms. The summed E-state index contributed by atoms with van der Waals surface area (Å²) in [6.45, 7) is 4.27. The van der Waals surface area contributed by atoms with E-state index in [0.717, 1.165) is 35.6 Å². The maximum Gasteiger partial charge on any atom is 0.0499 e. The molecule has 2 nitrogen and oxygen atoms in total. The SMILES string of the molecule is C/C=C\c1cccc(N(c2ccccc2)c2ccc(-c3ccc(N(c4ccccc4)c4cccc5c4CCC=C5)cc3)cc2)c1C. The van der Waals surface area contributed by atoms with Gasteiger partial charge in [-0.25, -0.2) is 0 Å². The molecule has 0 unspecified atom stereocenters. The number of fused-ring (bicyclic) bond motifs is 1. The quantitative estimate of drug-likeness (QED) is 0.173. The van der Waals surface area contributed by atoms with Crippen molar-refractivity contribution in [2.24, 2.45) is 0 Å². The zero-order chi connectivity index (χ0) is 31.3. The summed E-state index contributed by atoms with van der Waals surface area (Å²) in [5.74, 6) is 0. The van der Waals surface area contributed by atoms with Crippen LogP contribution in [-0.2, 0) is 6.42 Å². The van der Waals surface area contributed by atoms with Crippen LogP contribution in [0, 0.1) is 6.92 Å². The first-order chi connectivity index (χ1) is 22.7. The first-order valence-corrected chi connectivity index (χ1v) is 16.1. The molecule has 224 valence electrons. The van der Waals surface area contributed by atoms with Gasteiger partial charge in [0.1, 0.15) is 0 Å². The van der Waals surface area contributed by atoms with E-state index in [0.29, 0.717) is 0 Å². The van der Waals surface area contributed by atoms with Crippen LogP contribution in [0.25, 0.3) is 23.3 Å². The minimum Gasteiger partial charge on any atom is -0.310 e. The summed E-state index contributed by atoms with van der Waals surface area (Å²) < 4.78 is 0. The molecule has 1 aliphatic carbocycles. The van der Waals surface area contributed by atoms with E-state index < -0.39 is 0 Å². The molecule has 0 spiro atoms. The summed E-state index contributed by atoms with van der Waals surface area (Å²) in [5.41, 5.74) is 14.6. The molecule has 0 atom stereocenters. The lowest BCUT2D eigenvalue weighted by Gasteiger charge is -2.29. The van der Waals surface area contributed by atoms with Gasteiger partial charge in [0, 0.05) is 34.1 Å². The fraction of sp³-hybridized carbons (Fsp3) is 0.0909. The van der Waals surface area contributed by atoms with Crippen LogP contribution in [0.5, 0.6) is 0 Å². The van der Waals surface area contributed by atoms with Crippen LogP contribution in [0.15, 0.2) is 158 Å². The molecule has 1 aliphatic rings. The van der Waals surface area contributed by atoms with Gasteiger partial charge < -0.3 is 9.80 Å². The number of benzene rings is 6. The van der Waals surface area contributed by atoms with Crippen molar-refractivity contribution >= 4 is 46.3 Å². The van der Waals surface area contributed by atoms with Crippen LogP contribution in [0.1, 0.15) is 35.6 Å². The van der Waals surface area contributed by atoms with E-state index in [1.807, 2.05) is 0 Å². The molecule has 7 rings (SSSR count). The molecular weight excluding hydrogens is 556 g/mol. The highest BCUT2D eigenvalue weighted by molar-refractivity contribution is 5.84. The fourth-order valence-corrected chi connectivity index (χ4v) is 6.53. The molecule has 6 aromatic carbocycles. The third-order valence-corrected chi connectivity index (χ3v) is 8.83. The molecule has 0 bridgehead atoms. The van der Waals surface area contributed by atoms with Crippen molar-refractivity contribution in [1.82, 2.24) is 0 Å². The third-order valence-electron chi connectivity index (χ3n) is 8.83. The molecule has 0 amide bonds. The Balaban J connectivity index is 1.23. The van der Waals surface area contributed by atoms with Crippen molar-refractivity contribution in [1.29, 1.82) is 0 Å². The van der Waals surface area contributed by atoms with E-state index in [4.69, 9.17) is 0 Å². The smallest absolute Gasteiger partial charge is 0.0499 e. The van der Waals surface area contributed by atoms with Crippen molar-refractivity contribution in [3.8, 4) is 11.1 Å². The lowest BCUT2D eigenvalue weighted by atomic mass is 9.94. The van der Waals surface area contributed by atoms with Crippen molar-refractivity contribution in [2.75, 3.05) is 9.80 Å². The second-order valence-corrected chi connectivity index (χ2v) is 11.7. The molecule has 0 aromatic heterocycles. The van der Waals surface area contributed by atoms with Gasteiger partial charge in [-0.3, -0.25) is 0 Å². The number of hydrogen-bond acceptors (Lipinski definition) is 2. The summed E-state index contributed by atoms with van der Waals surface area (Å²) in [6, 6.07) is 52.4. The Morgan fingerprint density at radius 3 is 1.63 bits per heavy atom. The van der Waals surface area contributed by atoms with Crippen LogP contribution >= 0.6 is 0 Å². The number of para-hydroxylation sites is 2. The van der Waals surface area contributed by atoms with Gasteiger partial charge in [-0.1, -0.05) is 109 Å². The van der Waals surface area contributed by atoms with E-state index in [1.54, 1.807) is 0 Å². The second-order valence-electron chi connectivity index (χ2n) is 11.7. The average molecular weight is 595 g/mol. The summed E-state index contributed by atoms with van der Waals surface area (Å²) in [6.07, 6.45) is 10.9. The summed E-state index contributed by atoms with van der Waals surface area (Å²) in [7, 11) is 0. The van der Waals surface area contributed by atoms with E-state index >= 15 is 0 Å². The normalized spacial score (nSPS) is 12.2. The molecule has 0 saturated heterocycles. The van der Waals surface area contributed by atoms with Crippen LogP contribution < -0.4 is 9.80 Å².